The summed E-state index contributed by atoms with van der Waals surface area (Å²) in [7, 11) is 0. The smallest absolute Gasteiger partial charge is 0.0406 e. The molecule has 18 heavy (non-hydrogen) atoms. The third-order valence-electron chi connectivity index (χ3n) is 3.74. The number of rotatable bonds is 8. The molecule has 1 aliphatic carbocycles. The lowest BCUT2D eigenvalue weighted by Gasteiger charge is -2.17. The molecule has 0 spiro atoms. The van der Waals surface area contributed by atoms with E-state index in [0.717, 1.165) is 17.0 Å². The molecule has 0 amide bonds. The molecule has 0 heterocycles. The summed E-state index contributed by atoms with van der Waals surface area (Å²) in [6.07, 6.45) is 7.87. The van der Waals surface area contributed by atoms with Gasteiger partial charge in [-0.25, -0.2) is 0 Å². The van der Waals surface area contributed by atoms with Crippen LogP contribution >= 0.6 is 11.6 Å². The van der Waals surface area contributed by atoms with Crippen LogP contribution in [0.2, 0.25) is 5.02 Å². The Morgan fingerprint density at radius 3 is 2.61 bits per heavy atom. The van der Waals surface area contributed by atoms with E-state index in [2.05, 4.69) is 24.4 Å². The van der Waals surface area contributed by atoms with Crippen molar-refractivity contribution in [3.63, 3.8) is 0 Å². The SMILES string of the molecule is CCCNC(CCCc1ccc(Cl)cc1)C1CC1. The molecule has 1 aromatic rings. The fourth-order valence-electron chi connectivity index (χ4n) is 2.51. The Labute approximate surface area is 116 Å². The first-order valence-electron chi connectivity index (χ1n) is 7.27. The molecule has 1 fully saturated rings. The van der Waals surface area contributed by atoms with Crippen LogP contribution in [-0.4, -0.2) is 12.6 Å². The lowest BCUT2D eigenvalue weighted by Crippen LogP contribution is -2.31. The van der Waals surface area contributed by atoms with Crippen LogP contribution < -0.4 is 5.32 Å². The number of aryl methyl sites for hydroxylation is 1. The maximum Gasteiger partial charge on any atom is 0.0406 e. The second-order valence-corrected chi connectivity index (χ2v) is 5.85. The molecule has 0 radical (unpaired) electrons. The summed E-state index contributed by atoms with van der Waals surface area (Å²) in [6.45, 7) is 3.41. The van der Waals surface area contributed by atoms with E-state index < -0.39 is 0 Å². The van der Waals surface area contributed by atoms with Crippen LogP contribution in [0.4, 0.5) is 0 Å². The first kappa shape index (κ1) is 13.9. The van der Waals surface area contributed by atoms with Gasteiger partial charge < -0.3 is 5.32 Å². The largest absolute Gasteiger partial charge is 0.314 e. The molecular weight excluding hydrogens is 242 g/mol. The molecule has 0 aromatic heterocycles. The van der Waals surface area contributed by atoms with Gasteiger partial charge in [-0.3, -0.25) is 0 Å². The molecular formula is C16H24ClN. The summed E-state index contributed by atoms with van der Waals surface area (Å²) < 4.78 is 0. The van der Waals surface area contributed by atoms with Crippen molar-refractivity contribution in [2.45, 2.75) is 51.5 Å². The van der Waals surface area contributed by atoms with Crippen LogP contribution in [0.1, 0.15) is 44.6 Å². The lowest BCUT2D eigenvalue weighted by molar-refractivity contribution is 0.425. The Kier molecular flexibility index (Phi) is 5.52. The zero-order valence-electron chi connectivity index (χ0n) is 11.3. The third-order valence-corrected chi connectivity index (χ3v) is 3.99. The predicted molar refractivity (Wildman–Crippen MR) is 79.2 cm³/mol. The maximum atomic E-state index is 5.89. The van der Waals surface area contributed by atoms with E-state index in [0.29, 0.717) is 0 Å². The highest BCUT2D eigenvalue weighted by molar-refractivity contribution is 6.30. The quantitative estimate of drug-likeness (QED) is 0.733. The minimum atomic E-state index is 0.761. The van der Waals surface area contributed by atoms with Gasteiger partial charge in [0.25, 0.3) is 0 Å². The van der Waals surface area contributed by atoms with E-state index in [1.54, 1.807) is 0 Å². The van der Waals surface area contributed by atoms with Gasteiger partial charge in [0, 0.05) is 11.1 Å². The van der Waals surface area contributed by atoms with Crippen molar-refractivity contribution in [3.05, 3.63) is 34.9 Å². The number of hydrogen-bond donors (Lipinski definition) is 1. The summed E-state index contributed by atoms with van der Waals surface area (Å²) in [6, 6.07) is 9.04. The predicted octanol–water partition coefficient (Wildman–Crippen LogP) is 4.44. The number of hydrogen-bond acceptors (Lipinski definition) is 1. The lowest BCUT2D eigenvalue weighted by atomic mass is 10.0. The van der Waals surface area contributed by atoms with Crippen molar-refractivity contribution in [2.75, 3.05) is 6.54 Å². The highest BCUT2D eigenvalue weighted by Gasteiger charge is 2.29. The van der Waals surface area contributed by atoms with E-state index in [1.165, 1.54) is 50.6 Å². The number of halogens is 1. The summed E-state index contributed by atoms with van der Waals surface area (Å²) >= 11 is 5.89. The van der Waals surface area contributed by atoms with E-state index in [1.807, 2.05) is 12.1 Å². The molecule has 1 aliphatic rings. The highest BCUT2D eigenvalue weighted by Crippen LogP contribution is 2.34. The zero-order valence-corrected chi connectivity index (χ0v) is 12.0. The molecule has 1 N–H and O–H groups in total. The molecule has 2 rings (SSSR count). The molecule has 100 valence electrons. The second-order valence-electron chi connectivity index (χ2n) is 5.42. The normalized spacial score (nSPS) is 16.8. The van der Waals surface area contributed by atoms with E-state index in [9.17, 15) is 0 Å². The average molecular weight is 266 g/mol. The number of benzene rings is 1. The van der Waals surface area contributed by atoms with Crippen LogP contribution in [0.3, 0.4) is 0 Å². The Hall–Kier alpha value is -0.530. The minimum absolute atomic E-state index is 0.761. The van der Waals surface area contributed by atoms with Gasteiger partial charge in [0.1, 0.15) is 0 Å². The fraction of sp³-hybridized carbons (Fsp3) is 0.625. The van der Waals surface area contributed by atoms with Crippen LogP contribution in [0, 0.1) is 5.92 Å². The fourth-order valence-corrected chi connectivity index (χ4v) is 2.64. The van der Waals surface area contributed by atoms with Crippen molar-refractivity contribution in [1.29, 1.82) is 0 Å². The monoisotopic (exact) mass is 265 g/mol. The van der Waals surface area contributed by atoms with Gasteiger partial charge in [0.2, 0.25) is 0 Å². The molecule has 1 unspecified atom stereocenters. The van der Waals surface area contributed by atoms with Gasteiger partial charge in [-0.05, 0) is 68.7 Å². The Bertz CT molecular complexity index is 343. The van der Waals surface area contributed by atoms with Crippen LogP contribution in [0.5, 0.6) is 0 Å². The van der Waals surface area contributed by atoms with Gasteiger partial charge in [-0.15, -0.1) is 0 Å². The van der Waals surface area contributed by atoms with Crippen LogP contribution in [-0.2, 0) is 6.42 Å². The zero-order chi connectivity index (χ0) is 12.8. The van der Waals surface area contributed by atoms with E-state index in [4.69, 9.17) is 11.6 Å². The molecule has 2 heteroatoms. The molecule has 0 saturated heterocycles. The van der Waals surface area contributed by atoms with Crippen molar-refractivity contribution < 1.29 is 0 Å². The van der Waals surface area contributed by atoms with Crippen molar-refractivity contribution in [1.82, 2.24) is 5.32 Å². The van der Waals surface area contributed by atoms with Crippen molar-refractivity contribution in [3.8, 4) is 0 Å². The molecule has 1 atom stereocenters. The van der Waals surface area contributed by atoms with Gasteiger partial charge in [0.15, 0.2) is 0 Å². The van der Waals surface area contributed by atoms with Gasteiger partial charge in [-0.1, -0.05) is 30.7 Å². The Balaban J connectivity index is 1.70. The summed E-state index contributed by atoms with van der Waals surface area (Å²) in [4.78, 5) is 0. The summed E-state index contributed by atoms with van der Waals surface area (Å²) in [5.41, 5.74) is 1.41. The van der Waals surface area contributed by atoms with Crippen molar-refractivity contribution in [2.24, 2.45) is 5.92 Å². The van der Waals surface area contributed by atoms with Crippen molar-refractivity contribution >= 4 is 11.6 Å². The van der Waals surface area contributed by atoms with Crippen LogP contribution in [0.25, 0.3) is 0 Å². The van der Waals surface area contributed by atoms with Gasteiger partial charge >= 0.3 is 0 Å². The Morgan fingerprint density at radius 1 is 1.28 bits per heavy atom. The molecule has 1 aromatic carbocycles. The molecule has 0 aliphatic heterocycles. The maximum absolute atomic E-state index is 5.89. The highest BCUT2D eigenvalue weighted by atomic mass is 35.5. The standard InChI is InChI=1S/C16H24ClN/c1-2-12-18-16(14-8-9-14)5-3-4-13-6-10-15(17)11-7-13/h6-7,10-11,14,16,18H,2-5,8-9,12H2,1H3. The van der Waals surface area contributed by atoms with E-state index in [-0.39, 0.29) is 0 Å². The third kappa shape index (κ3) is 4.62. The molecule has 1 saturated carbocycles. The summed E-state index contributed by atoms with van der Waals surface area (Å²) in [5.74, 6) is 0.960. The van der Waals surface area contributed by atoms with Gasteiger partial charge in [0.05, 0.1) is 0 Å². The Morgan fingerprint density at radius 2 is 2.00 bits per heavy atom. The van der Waals surface area contributed by atoms with Crippen LogP contribution in [0.15, 0.2) is 24.3 Å². The van der Waals surface area contributed by atoms with E-state index >= 15 is 0 Å². The first-order chi connectivity index (χ1) is 8.79. The second kappa shape index (κ2) is 7.16. The average Bonchev–Trinajstić information content (AvgIpc) is 3.20. The topological polar surface area (TPSA) is 12.0 Å². The molecule has 0 bridgehead atoms. The minimum Gasteiger partial charge on any atom is -0.314 e. The summed E-state index contributed by atoms with van der Waals surface area (Å²) in [5, 5.41) is 4.54. The number of nitrogens with one attached hydrogen (secondary N) is 1. The van der Waals surface area contributed by atoms with Gasteiger partial charge in [-0.2, -0.15) is 0 Å². The first-order valence-corrected chi connectivity index (χ1v) is 7.65. The molecule has 1 nitrogen and oxygen atoms in total.